The number of imidazole rings is 1. The zero-order chi connectivity index (χ0) is 29.5. The number of likely N-dealkylation sites (tertiary alicyclic amines) is 1. The molecular formula is C28H36F3N5O5. The Morgan fingerprint density at radius 2 is 1.66 bits per heavy atom. The van der Waals surface area contributed by atoms with E-state index in [-0.39, 0.29) is 23.9 Å². The number of aromatic nitrogens is 2. The van der Waals surface area contributed by atoms with E-state index in [0.29, 0.717) is 17.8 Å². The number of carboxylic acid groups (broad SMARTS) is 1. The maximum atomic E-state index is 13.0. The van der Waals surface area contributed by atoms with Gasteiger partial charge in [0.05, 0.1) is 11.0 Å². The van der Waals surface area contributed by atoms with Gasteiger partial charge in [0, 0.05) is 19.5 Å². The average Bonchev–Trinajstić information content (AvgIpc) is 3.17. The number of hydrogen-bond acceptors (Lipinski definition) is 6. The van der Waals surface area contributed by atoms with Crippen LogP contribution in [0.2, 0.25) is 0 Å². The number of imide groups is 1. The fraction of sp³-hybridized carbons (Fsp3) is 0.643. The second-order valence-electron chi connectivity index (χ2n) is 11.9. The van der Waals surface area contributed by atoms with Crippen LogP contribution in [0.5, 0.6) is 0 Å². The lowest BCUT2D eigenvalue weighted by atomic mass is 9.60. The van der Waals surface area contributed by atoms with Crippen molar-refractivity contribution < 1.29 is 32.7 Å². The highest BCUT2D eigenvalue weighted by atomic mass is 19.4. The van der Waals surface area contributed by atoms with Crippen molar-refractivity contribution >= 4 is 28.8 Å². The first kappa shape index (κ1) is 29.3. The topological polar surface area (TPSA) is 126 Å². The number of carbonyl (C=O) groups is 3. The number of aryl methyl sites for hydroxylation is 1. The highest BCUT2D eigenvalue weighted by Gasteiger charge is 2.47. The molecule has 0 bridgehead atoms. The smallest absolute Gasteiger partial charge is 0.475 e. The number of carboxylic acids is 1. The summed E-state index contributed by atoms with van der Waals surface area (Å²) in [6, 6.07) is 6.41. The normalized spacial score (nSPS) is 24.0. The molecule has 3 N–H and O–H groups in total. The number of nitrogens with zero attached hydrogens (tertiary/aromatic N) is 3. The van der Waals surface area contributed by atoms with Crippen LogP contribution in [0.4, 0.5) is 13.2 Å². The number of alkyl halides is 3. The first-order chi connectivity index (χ1) is 19.4. The van der Waals surface area contributed by atoms with Gasteiger partial charge in [0.2, 0.25) is 11.8 Å². The summed E-state index contributed by atoms with van der Waals surface area (Å²) in [6.45, 7) is 4.67. The number of halogens is 3. The molecule has 3 saturated heterocycles. The molecule has 41 heavy (non-hydrogen) atoms. The van der Waals surface area contributed by atoms with E-state index < -0.39 is 18.2 Å². The number of nitrogens with one attached hydrogen (secondary N) is 2. The molecule has 4 heterocycles. The van der Waals surface area contributed by atoms with Crippen molar-refractivity contribution in [1.82, 2.24) is 24.7 Å². The van der Waals surface area contributed by atoms with Crippen LogP contribution in [0.3, 0.4) is 0 Å². The Kier molecular flexibility index (Phi) is 8.03. The number of hydrogen-bond donors (Lipinski definition) is 3. The number of amides is 2. The molecule has 224 valence electrons. The number of aliphatic carboxylic acids is 1. The van der Waals surface area contributed by atoms with Crippen LogP contribution in [0.25, 0.3) is 11.0 Å². The van der Waals surface area contributed by atoms with Crippen molar-refractivity contribution in [1.29, 1.82) is 0 Å². The summed E-state index contributed by atoms with van der Waals surface area (Å²) in [4.78, 5) is 48.6. The van der Waals surface area contributed by atoms with Crippen LogP contribution >= 0.6 is 0 Å². The van der Waals surface area contributed by atoms with Gasteiger partial charge in [-0.15, -0.1) is 0 Å². The zero-order valence-corrected chi connectivity index (χ0v) is 23.0. The largest absolute Gasteiger partial charge is 0.490 e. The number of piperidine rings is 3. The van der Waals surface area contributed by atoms with E-state index in [4.69, 9.17) is 9.90 Å². The van der Waals surface area contributed by atoms with Gasteiger partial charge < -0.3 is 15.3 Å². The highest BCUT2D eigenvalue weighted by molar-refractivity contribution is 6.00. The minimum atomic E-state index is -5.08. The van der Waals surface area contributed by atoms with E-state index in [0.717, 1.165) is 43.0 Å². The molecule has 1 atom stereocenters. The third kappa shape index (κ3) is 5.92. The summed E-state index contributed by atoms with van der Waals surface area (Å²) in [7, 11) is 1.77. The highest BCUT2D eigenvalue weighted by Crippen LogP contribution is 2.50. The standard InChI is InChI=1S/C26H35N5O3.C2HF3O2/c1-29-22-14-18(2-3-20(22)31(25(29)34)21-4-5-23(32)28-24(21)33)17-6-12-30(13-7-17)19-15-26(16-19)8-10-27-11-9-26;3-2(4,5)1(6)7/h2-3,14,17,19,21,27H,4-13,15-16H2,1H3,(H,28,32,33);(H,6,7). The fourth-order valence-electron chi connectivity index (χ4n) is 7.03. The number of benzene rings is 1. The predicted octanol–water partition coefficient (Wildman–Crippen LogP) is 2.66. The lowest BCUT2D eigenvalue weighted by Crippen LogP contribution is -2.55. The second kappa shape index (κ2) is 11.2. The lowest BCUT2D eigenvalue weighted by molar-refractivity contribution is -0.192. The van der Waals surface area contributed by atoms with Gasteiger partial charge in [-0.1, -0.05) is 6.07 Å². The number of rotatable bonds is 3. The molecular weight excluding hydrogens is 543 g/mol. The van der Waals surface area contributed by atoms with Gasteiger partial charge >= 0.3 is 17.8 Å². The minimum Gasteiger partial charge on any atom is -0.475 e. The SMILES string of the molecule is Cn1c(=O)n(C2CCC(=O)NC2=O)c2ccc(C3CCN(C4CC5(CCNCC5)C4)CC3)cc21.O=C(O)C(F)(F)F. The molecule has 1 unspecified atom stereocenters. The second-order valence-corrected chi connectivity index (χ2v) is 11.9. The molecule has 2 aromatic rings. The number of fused-ring (bicyclic) bond motifs is 1. The summed E-state index contributed by atoms with van der Waals surface area (Å²) < 4.78 is 34.9. The molecule has 0 radical (unpaired) electrons. The summed E-state index contributed by atoms with van der Waals surface area (Å²) in [5.74, 6) is -2.91. The van der Waals surface area contributed by atoms with Crippen molar-refractivity contribution in [2.45, 2.75) is 75.5 Å². The minimum absolute atomic E-state index is 0.201. The van der Waals surface area contributed by atoms with E-state index >= 15 is 0 Å². The van der Waals surface area contributed by atoms with Gasteiger partial charge in [-0.2, -0.15) is 13.2 Å². The molecule has 4 aliphatic rings. The molecule has 6 rings (SSSR count). The fourth-order valence-corrected chi connectivity index (χ4v) is 7.03. The van der Waals surface area contributed by atoms with Crippen LogP contribution in [-0.4, -0.2) is 75.3 Å². The quantitative estimate of drug-likeness (QED) is 0.478. The molecule has 1 aliphatic carbocycles. The molecule has 1 saturated carbocycles. The molecule has 2 amide bonds. The molecule has 1 aromatic carbocycles. The summed E-state index contributed by atoms with van der Waals surface area (Å²) in [6.07, 6.45) is 3.28. The van der Waals surface area contributed by atoms with Crippen LogP contribution in [0, 0.1) is 5.41 Å². The van der Waals surface area contributed by atoms with Gasteiger partial charge in [0.25, 0.3) is 0 Å². The van der Waals surface area contributed by atoms with Crippen LogP contribution in [-0.2, 0) is 21.4 Å². The van der Waals surface area contributed by atoms with Crippen LogP contribution < -0.4 is 16.3 Å². The van der Waals surface area contributed by atoms with E-state index in [9.17, 15) is 27.6 Å². The predicted molar refractivity (Wildman–Crippen MR) is 143 cm³/mol. The summed E-state index contributed by atoms with van der Waals surface area (Å²) >= 11 is 0. The molecule has 13 heteroatoms. The summed E-state index contributed by atoms with van der Waals surface area (Å²) in [5.41, 5.74) is 3.34. The monoisotopic (exact) mass is 579 g/mol. The molecule has 1 spiro atoms. The maximum Gasteiger partial charge on any atom is 0.490 e. The van der Waals surface area contributed by atoms with Crippen molar-refractivity contribution in [3.63, 3.8) is 0 Å². The summed E-state index contributed by atoms with van der Waals surface area (Å²) in [5, 5.41) is 13.0. The van der Waals surface area contributed by atoms with Crippen molar-refractivity contribution in [2.75, 3.05) is 26.2 Å². The lowest BCUT2D eigenvalue weighted by Gasteiger charge is -2.55. The van der Waals surface area contributed by atoms with Gasteiger partial charge in [0.1, 0.15) is 6.04 Å². The van der Waals surface area contributed by atoms with Crippen molar-refractivity contribution in [2.24, 2.45) is 12.5 Å². The van der Waals surface area contributed by atoms with Gasteiger partial charge in [-0.25, -0.2) is 9.59 Å². The zero-order valence-electron chi connectivity index (χ0n) is 23.0. The first-order valence-electron chi connectivity index (χ1n) is 14.2. The molecule has 4 fully saturated rings. The molecule has 3 aliphatic heterocycles. The van der Waals surface area contributed by atoms with E-state index in [2.05, 4.69) is 27.7 Å². The average molecular weight is 580 g/mol. The Labute approximate surface area is 234 Å². The third-order valence-corrected chi connectivity index (χ3v) is 9.40. The molecule has 1 aromatic heterocycles. The Morgan fingerprint density at radius 1 is 1.02 bits per heavy atom. The van der Waals surface area contributed by atoms with E-state index in [1.165, 1.54) is 44.3 Å². The Morgan fingerprint density at radius 3 is 2.24 bits per heavy atom. The van der Waals surface area contributed by atoms with Gasteiger partial charge in [-0.3, -0.25) is 24.0 Å². The van der Waals surface area contributed by atoms with Crippen molar-refractivity contribution in [3.8, 4) is 0 Å². The van der Waals surface area contributed by atoms with Gasteiger partial charge in [-0.05, 0) is 100 Å². The Balaban J connectivity index is 0.000000431. The van der Waals surface area contributed by atoms with E-state index in [1.54, 1.807) is 16.2 Å². The maximum absolute atomic E-state index is 13.0. The van der Waals surface area contributed by atoms with Crippen LogP contribution in [0.15, 0.2) is 23.0 Å². The van der Waals surface area contributed by atoms with E-state index in [1.807, 2.05) is 6.07 Å². The number of carbonyl (C=O) groups excluding carboxylic acids is 2. The Bertz CT molecular complexity index is 1380. The first-order valence-corrected chi connectivity index (χ1v) is 14.2. The Hall–Kier alpha value is -3.19. The van der Waals surface area contributed by atoms with Crippen LogP contribution in [0.1, 0.15) is 68.9 Å². The molecule has 10 nitrogen and oxygen atoms in total. The van der Waals surface area contributed by atoms with Crippen molar-refractivity contribution in [3.05, 3.63) is 34.2 Å². The third-order valence-electron chi connectivity index (χ3n) is 9.40. The van der Waals surface area contributed by atoms with Gasteiger partial charge in [0.15, 0.2) is 0 Å².